The van der Waals surface area contributed by atoms with E-state index in [1.54, 1.807) is 6.07 Å². The van der Waals surface area contributed by atoms with E-state index in [9.17, 15) is 28.7 Å². The van der Waals surface area contributed by atoms with Crippen LogP contribution in [0.1, 0.15) is 32.3 Å². The van der Waals surface area contributed by atoms with Crippen molar-refractivity contribution in [1.82, 2.24) is 10.2 Å². The van der Waals surface area contributed by atoms with Gasteiger partial charge in [0, 0.05) is 13.0 Å². The van der Waals surface area contributed by atoms with Crippen molar-refractivity contribution in [2.75, 3.05) is 20.3 Å². The van der Waals surface area contributed by atoms with E-state index >= 15 is 0 Å². The summed E-state index contributed by atoms with van der Waals surface area (Å²) in [5.41, 5.74) is 0.171. The summed E-state index contributed by atoms with van der Waals surface area (Å²) < 4.78 is 23.6. The van der Waals surface area contributed by atoms with Gasteiger partial charge in [-0.2, -0.15) is 0 Å². The van der Waals surface area contributed by atoms with Crippen LogP contribution in [0.5, 0.6) is 0 Å². The lowest BCUT2D eigenvalue weighted by Gasteiger charge is -2.23. The standard InChI is InChI=1S/C22H29FN2O7/c1-13(2)8-17(21(29)31-3)24-19(27)12-32-22(30)18-10-15(26)11-25(18)20(28)9-14-6-4-5-7-16(14)23/h4-7,13,15,17-18,26H,8-12H2,1-3H3,(H,24,27). The fourth-order valence-electron chi connectivity index (χ4n) is 3.52. The van der Waals surface area contributed by atoms with Gasteiger partial charge < -0.3 is 24.8 Å². The zero-order valence-electron chi connectivity index (χ0n) is 18.4. The van der Waals surface area contributed by atoms with Gasteiger partial charge in [-0.15, -0.1) is 0 Å². The number of esters is 2. The molecule has 9 nitrogen and oxygen atoms in total. The molecule has 2 N–H and O–H groups in total. The van der Waals surface area contributed by atoms with Crippen LogP contribution in [0.15, 0.2) is 24.3 Å². The van der Waals surface area contributed by atoms with E-state index in [0.29, 0.717) is 6.42 Å². The predicted molar refractivity (Wildman–Crippen MR) is 111 cm³/mol. The molecule has 0 aromatic heterocycles. The zero-order chi connectivity index (χ0) is 23.8. The summed E-state index contributed by atoms with van der Waals surface area (Å²) in [7, 11) is 1.21. The molecule has 0 aliphatic carbocycles. The molecule has 0 bridgehead atoms. The van der Waals surface area contributed by atoms with Crippen LogP contribution in [0, 0.1) is 11.7 Å². The summed E-state index contributed by atoms with van der Waals surface area (Å²) in [5, 5.41) is 12.4. The number of hydrogen-bond acceptors (Lipinski definition) is 7. The Hall–Kier alpha value is -3.01. The minimum absolute atomic E-state index is 0.0540. The number of methoxy groups -OCH3 is 1. The topological polar surface area (TPSA) is 122 Å². The molecule has 10 heteroatoms. The number of aliphatic hydroxyl groups is 1. The van der Waals surface area contributed by atoms with Gasteiger partial charge in [0.15, 0.2) is 6.61 Å². The number of rotatable bonds is 9. The molecule has 0 saturated carbocycles. The van der Waals surface area contributed by atoms with Gasteiger partial charge in [0.2, 0.25) is 5.91 Å². The molecule has 176 valence electrons. The molecular formula is C22H29FN2O7. The van der Waals surface area contributed by atoms with E-state index in [1.165, 1.54) is 25.3 Å². The van der Waals surface area contributed by atoms with Crippen molar-refractivity contribution >= 4 is 23.8 Å². The van der Waals surface area contributed by atoms with Crippen LogP contribution in [0.2, 0.25) is 0 Å². The maximum Gasteiger partial charge on any atom is 0.329 e. The number of ether oxygens (including phenoxy) is 2. The first-order valence-corrected chi connectivity index (χ1v) is 10.4. The fraction of sp³-hybridized carbons (Fsp3) is 0.545. The van der Waals surface area contributed by atoms with Gasteiger partial charge in [0.25, 0.3) is 5.91 Å². The highest BCUT2D eigenvalue weighted by Gasteiger charge is 2.40. The quantitative estimate of drug-likeness (QED) is 0.526. The molecular weight excluding hydrogens is 423 g/mol. The Kier molecular flexibility index (Phi) is 9.13. The lowest BCUT2D eigenvalue weighted by atomic mass is 10.0. The summed E-state index contributed by atoms with van der Waals surface area (Å²) in [6, 6.07) is 3.82. The average molecular weight is 452 g/mol. The second-order valence-corrected chi connectivity index (χ2v) is 8.10. The number of benzene rings is 1. The van der Waals surface area contributed by atoms with Crippen LogP contribution in [0.4, 0.5) is 4.39 Å². The zero-order valence-corrected chi connectivity index (χ0v) is 18.4. The van der Waals surface area contributed by atoms with E-state index in [1.807, 2.05) is 13.8 Å². The van der Waals surface area contributed by atoms with Gasteiger partial charge in [-0.05, 0) is 24.0 Å². The van der Waals surface area contributed by atoms with Crippen LogP contribution < -0.4 is 5.32 Å². The van der Waals surface area contributed by atoms with Crippen molar-refractivity contribution in [3.8, 4) is 0 Å². The minimum atomic E-state index is -1.09. The molecule has 2 amide bonds. The Bertz CT molecular complexity index is 845. The number of nitrogens with one attached hydrogen (secondary N) is 1. The predicted octanol–water partition coefficient (Wildman–Crippen LogP) is 0.577. The molecule has 1 fully saturated rings. The third kappa shape index (κ3) is 7.01. The van der Waals surface area contributed by atoms with Crippen LogP contribution in [-0.4, -0.2) is 72.2 Å². The van der Waals surface area contributed by atoms with Crippen LogP contribution in [-0.2, 0) is 35.1 Å². The number of hydrogen-bond donors (Lipinski definition) is 2. The van der Waals surface area contributed by atoms with Gasteiger partial charge in [-0.1, -0.05) is 32.0 Å². The van der Waals surface area contributed by atoms with Crippen LogP contribution in [0.25, 0.3) is 0 Å². The molecule has 1 heterocycles. The number of likely N-dealkylation sites (tertiary alicyclic amines) is 1. The molecule has 1 saturated heterocycles. The Morgan fingerprint density at radius 3 is 2.56 bits per heavy atom. The van der Waals surface area contributed by atoms with Gasteiger partial charge in [0.1, 0.15) is 17.9 Å². The Labute approximate surface area is 185 Å². The third-order valence-electron chi connectivity index (χ3n) is 5.04. The Morgan fingerprint density at radius 1 is 1.25 bits per heavy atom. The summed E-state index contributed by atoms with van der Waals surface area (Å²) >= 11 is 0. The van der Waals surface area contributed by atoms with Crippen LogP contribution >= 0.6 is 0 Å². The lowest BCUT2D eigenvalue weighted by Crippen LogP contribution is -2.46. The number of nitrogens with zero attached hydrogens (tertiary/aromatic N) is 1. The summed E-state index contributed by atoms with van der Waals surface area (Å²) in [6.45, 7) is 2.99. The first-order valence-electron chi connectivity index (χ1n) is 10.4. The molecule has 0 spiro atoms. The van der Waals surface area contributed by atoms with Crippen molar-refractivity contribution in [2.45, 2.75) is 51.3 Å². The first-order chi connectivity index (χ1) is 15.1. The monoisotopic (exact) mass is 452 g/mol. The van der Waals surface area contributed by atoms with Crippen molar-refractivity contribution in [1.29, 1.82) is 0 Å². The van der Waals surface area contributed by atoms with Crippen molar-refractivity contribution in [3.63, 3.8) is 0 Å². The summed E-state index contributed by atoms with van der Waals surface area (Å²) in [5.74, 6) is -3.15. The first kappa shape index (κ1) is 25.3. The van der Waals surface area contributed by atoms with E-state index in [2.05, 4.69) is 10.1 Å². The van der Waals surface area contributed by atoms with Gasteiger partial charge in [-0.3, -0.25) is 9.59 Å². The molecule has 32 heavy (non-hydrogen) atoms. The molecule has 1 aliphatic heterocycles. The second kappa shape index (κ2) is 11.6. The maximum atomic E-state index is 13.9. The number of carbonyl (C=O) groups is 4. The normalized spacial score (nSPS) is 18.9. The maximum absolute atomic E-state index is 13.9. The third-order valence-corrected chi connectivity index (χ3v) is 5.04. The molecule has 1 aliphatic rings. The number of aliphatic hydroxyl groups excluding tert-OH is 1. The molecule has 0 radical (unpaired) electrons. The van der Waals surface area contributed by atoms with Crippen molar-refractivity contribution in [3.05, 3.63) is 35.6 Å². The molecule has 3 unspecified atom stereocenters. The molecule has 1 aromatic carbocycles. The summed E-state index contributed by atoms with van der Waals surface area (Å²) in [4.78, 5) is 50.3. The van der Waals surface area contributed by atoms with Crippen LogP contribution in [0.3, 0.4) is 0 Å². The molecule has 1 aromatic rings. The average Bonchev–Trinajstić information content (AvgIpc) is 3.14. The van der Waals surface area contributed by atoms with E-state index in [-0.39, 0.29) is 30.9 Å². The highest BCUT2D eigenvalue weighted by Crippen LogP contribution is 2.21. The molecule has 2 rings (SSSR count). The number of amides is 2. The highest BCUT2D eigenvalue weighted by atomic mass is 19.1. The summed E-state index contributed by atoms with van der Waals surface area (Å²) in [6.07, 6.45) is -0.929. The highest BCUT2D eigenvalue weighted by molar-refractivity contribution is 5.89. The minimum Gasteiger partial charge on any atom is -0.467 e. The second-order valence-electron chi connectivity index (χ2n) is 8.10. The van der Waals surface area contributed by atoms with Gasteiger partial charge in [-0.25, -0.2) is 14.0 Å². The van der Waals surface area contributed by atoms with E-state index < -0.39 is 54.4 Å². The van der Waals surface area contributed by atoms with Crippen molar-refractivity contribution in [2.24, 2.45) is 5.92 Å². The smallest absolute Gasteiger partial charge is 0.329 e. The number of halogens is 1. The molecule has 3 atom stereocenters. The Morgan fingerprint density at radius 2 is 1.94 bits per heavy atom. The fourth-order valence-corrected chi connectivity index (χ4v) is 3.52. The van der Waals surface area contributed by atoms with E-state index in [0.717, 1.165) is 4.90 Å². The Balaban J connectivity index is 1.95. The number of carbonyl (C=O) groups excluding carboxylic acids is 4. The van der Waals surface area contributed by atoms with Gasteiger partial charge >= 0.3 is 11.9 Å². The SMILES string of the molecule is COC(=O)C(CC(C)C)NC(=O)COC(=O)C1CC(O)CN1C(=O)Cc1ccccc1F. The van der Waals surface area contributed by atoms with Crippen molar-refractivity contribution < 1.29 is 38.1 Å². The lowest BCUT2D eigenvalue weighted by molar-refractivity contribution is -0.156. The largest absolute Gasteiger partial charge is 0.467 e. The van der Waals surface area contributed by atoms with Gasteiger partial charge in [0.05, 0.1) is 19.6 Å². The number of β-amino-alcohol motifs (C(OH)–C–C–N with tert-alkyl or cyclic N) is 1. The van der Waals surface area contributed by atoms with E-state index in [4.69, 9.17) is 4.74 Å².